The van der Waals surface area contributed by atoms with Gasteiger partial charge in [-0.2, -0.15) is 0 Å². The van der Waals surface area contributed by atoms with Crippen molar-refractivity contribution in [3.05, 3.63) is 84.2 Å². The van der Waals surface area contributed by atoms with Crippen molar-refractivity contribution in [3.63, 3.8) is 0 Å². The van der Waals surface area contributed by atoms with E-state index in [4.69, 9.17) is 4.74 Å². The molecule has 0 amide bonds. The molecule has 4 rings (SSSR count). The lowest BCUT2D eigenvalue weighted by Gasteiger charge is -2.22. The van der Waals surface area contributed by atoms with E-state index in [1.165, 1.54) is 0 Å². The molecule has 1 aliphatic heterocycles. The standard InChI is InChI=1S/C21H22N5O.BF4/c1-3-7-19(8-4-1)17-22-25-11-12-26(21(25)24-13-15-27-16-14-24)23-18-20-9-5-2-6-10-20;2-1(3,4)5/h1-12,17-18H,13-16H2;/q+1;-1/b22-17+,23-18+;. The van der Waals surface area contributed by atoms with Crippen LogP contribution in [0.25, 0.3) is 0 Å². The van der Waals surface area contributed by atoms with Crippen LogP contribution in [0.2, 0.25) is 0 Å². The molecular formula is C21H22BF4N5O. The Kier molecular flexibility index (Phi) is 8.15. The number of nitrogens with zero attached hydrogens (tertiary/aromatic N) is 5. The van der Waals surface area contributed by atoms with E-state index < -0.39 is 7.25 Å². The highest BCUT2D eigenvalue weighted by atomic mass is 19.5. The van der Waals surface area contributed by atoms with Crippen LogP contribution in [0.5, 0.6) is 0 Å². The van der Waals surface area contributed by atoms with Gasteiger partial charge in [0, 0.05) is 0 Å². The highest BCUT2D eigenvalue weighted by molar-refractivity contribution is 6.50. The molecular weight excluding hydrogens is 425 g/mol. The number of imidazole rings is 1. The molecule has 0 bridgehead atoms. The summed E-state index contributed by atoms with van der Waals surface area (Å²) in [5, 5.41) is 9.28. The lowest BCUT2D eigenvalue weighted by Crippen LogP contribution is -2.44. The molecule has 6 nitrogen and oxygen atoms in total. The molecule has 11 heteroatoms. The van der Waals surface area contributed by atoms with Gasteiger partial charge in [-0.05, 0) is 11.1 Å². The van der Waals surface area contributed by atoms with Gasteiger partial charge in [-0.25, -0.2) is 0 Å². The molecule has 32 heavy (non-hydrogen) atoms. The fraction of sp³-hybridized carbons (Fsp3) is 0.190. The lowest BCUT2D eigenvalue weighted by molar-refractivity contribution is -0.665. The number of morpholine rings is 1. The lowest BCUT2D eigenvalue weighted by atomic mass is 10.2. The Balaban J connectivity index is 0.000000523. The van der Waals surface area contributed by atoms with Gasteiger partial charge in [-0.3, -0.25) is 4.90 Å². The second-order valence-electron chi connectivity index (χ2n) is 6.69. The Morgan fingerprint density at radius 1 is 0.844 bits per heavy atom. The third-order valence-electron chi connectivity index (χ3n) is 4.31. The molecule has 2 aromatic carbocycles. The van der Waals surface area contributed by atoms with Gasteiger partial charge in [0.25, 0.3) is 0 Å². The molecule has 0 saturated carbocycles. The first-order valence-electron chi connectivity index (χ1n) is 9.92. The van der Waals surface area contributed by atoms with Crippen LogP contribution in [-0.2, 0) is 4.74 Å². The first-order chi connectivity index (χ1) is 15.4. The molecule has 0 unspecified atom stereocenters. The molecule has 0 radical (unpaired) electrons. The topological polar surface area (TPSA) is 46.0 Å². The summed E-state index contributed by atoms with van der Waals surface area (Å²) in [6, 6.07) is 20.1. The van der Waals surface area contributed by atoms with Crippen molar-refractivity contribution in [2.75, 3.05) is 31.2 Å². The number of anilines is 1. The average Bonchev–Trinajstić information content (AvgIpc) is 3.20. The summed E-state index contributed by atoms with van der Waals surface area (Å²) in [5.41, 5.74) is 2.11. The van der Waals surface area contributed by atoms with Gasteiger partial charge in [0.2, 0.25) is 0 Å². The van der Waals surface area contributed by atoms with Crippen molar-refractivity contribution in [2.24, 2.45) is 10.2 Å². The number of halogens is 4. The third kappa shape index (κ3) is 7.66. The van der Waals surface area contributed by atoms with Crippen LogP contribution >= 0.6 is 0 Å². The highest BCUT2D eigenvalue weighted by Gasteiger charge is 2.27. The molecule has 0 spiro atoms. The molecule has 1 fully saturated rings. The summed E-state index contributed by atoms with van der Waals surface area (Å²) in [6.07, 6.45) is 7.56. The Morgan fingerprint density at radius 2 is 1.38 bits per heavy atom. The molecule has 1 saturated heterocycles. The minimum atomic E-state index is -6.00. The van der Waals surface area contributed by atoms with Crippen molar-refractivity contribution < 1.29 is 26.7 Å². The number of ether oxygens (including phenoxy) is 1. The zero-order valence-corrected chi connectivity index (χ0v) is 17.1. The van der Waals surface area contributed by atoms with Crippen LogP contribution in [0.3, 0.4) is 0 Å². The van der Waals surface area contributed by atoms with Crippen molar-refractivity contribution >= 4 is 25.6 Å². The largest absolute Gasteiger partial charge is 0.673 e. The maximum absolute atomic E-state index is 9.75. The van der Waals surface area contributed by atoms with Crippen LogP contribution in [0.4, 0.5) is 23.2 Å². The monoisotopic (exact) mass is 447 g/mol. The number of aromatic nitrogens is 2. The Morgan fingerprint density at radius 3 is 1.94 bits per heavy atom. The Labute approximate surface area is 183 Å². The van der Waals surface area contributed by atoms with E-state index in [0.29, 0.717) is 13.2 Å². The van der Waals surface area contributed by atoms with Crippen LogP contribution in [0.1, 0.15) is 11.1 Å². The fourth-order valence-electron chi connectivity index (χ4n) is 2.93. The quantitative estimate of drug-likeness (QED) is 0.259. The predicted octanol–water partition coefficient (Wildman–Crippen LogP) is 3.68. The first kappa shape index (κ1) is 23.2. The first-order valence-corrected chi connectivity index (χ1v) is 9.92. The van der Waals surface area contributed by atoms with Gasteiger partial charge < -0.3 is 22.0 Å². The predicted molar refractivity (Wildman–Crippen MR) is 117 cm³/mol. The van der Waals surface area contributed by atoms with Gasteiger partial charge >= 0.3 is 13.2 Å². The molecule has 168 valence electrons. The van der Waals surface area contributed by atoms with E-state index >= 15 is 0 Å². The zero-order valence-electron chi connectivity index (χ0n) is 17.1. The third-order valence-corrected chi connectivity index (χ3v) is 4.31. The van der Waals surface area contributed by atoms with E-state index in [-0.39, 0.29) is 0 Å². The summed E-state index contributed by atoms with van der Waals surface area (Å²) < 4.78 is 48.2. The van der Waals surface area contributed by atoms with E-state index in [9.17, 15) is 17.3 Å². The number of rotatable bonds is 5. The molecule has 3 aromatic rings. The van der Waals surface area contributed by atoms with Gasteiger partial charge in [0.05, 0.1) is 38.7 Å². The molecule has 1 aromatic heterocycles. The summed E-state index contributed by atoms with van der Waals surface area (Å²) in [4.78, 5) is 2.24. The minimum absolute atomic E-state index is 0.704. The molecule has 1 aliphatic rings. The smallest absolute Gasteiger partial charge is 0.418 e. The SMILES string of the molecule is C(=N\n1cc[n+](/N=C/c2ccccc2)c1N1CCOCC1)/c1ccccc1.F[B-](F)(F)F. The molecule has 0 aliphatic carbocycles. The maximum Gasteiger partial charge on any atom is 0.673 e. The summed E-state index contributed by atoms with van der Waals surface area (Å²) in [5.74, 6) is 0.915. The summed E-state index contributed by atoms with van der Waals surface area (Å²) in [6.45, 7) is 3.03. The van der Waals surface area contributed by atoms with Crippen molar-refractivity contribution in [2.45, 2.75) is 0 Å². The van der Waals surface area contributed by atoms with Crippen LogP contribution < -0.4 is 9.58 Å². The zero-order chi connectivity index (χ0) is 22.8. The van der Waals surface area contributed by atoms with Gasteiger partial charge in [0.15, 0.2) is 0 Å². The number of hydrogen-bond acceptors (Lipinski definition) is 4. The molecule has 0 atom stereocenters. The second-order valence-corrected chi connectivity index (χ2v) is 6.69. The highest BCUT2D eigenvalue weighted by Crippen LogP contribution is 2.12. The van der Waals surface area contributed by atoms with Crippen LogP contribution in [0, 0.1) is 0 Å². The van der Waals surface area contributed by atoms with Gasteiger partial charge in [-0.15, -0.1) is 19.6 Å². The van der Waals surface area contributed by atoms with Crippen molar-refractivity contribution in [1.82, 2.24) is 4.68 Å². The van der Waals surface area contributed by atoms with Crippen molar-refractivity contribution in [3.8, 4) is 0 Å². The van der Waals surface area contributed by atoms with Gasteiger partial charge in [0.1, 0.15) is 12.4 Å². The van der Waals surface area contributed by atoms with Crippen LogP contribution in [0.15, 0.2) is 83.3 Å². The van der Waals surface area contributed by atoms with Crippen LogP contribution in [-0.4, -0.2) is 50.7 Å². The van der Waals surface area contributed by atoms with E-state index in [1.807, 2.05) is 94.8 Å². The number of hydrogen-bond donors (Lipinski definition) is 0. The maximum atomic E-state index is 9.75. The molecule has 0 N–H and O–H groups in total. The Bertz CT molecular complexity index is 947. The van der Waals surface area contributed by atoms with E-state index in [0.717, 1.165) is 30.2 Å². The minimum Gasteiger partial charge on any atom is -0.418 e. The molecule has 2 heterocycles. The number of benzene rings is 2. The fourth-order valence-corrected chi connectivity index (χ4v) is 2.93. The van der Waals surface area contributed by atoms with Crippen molar-refractivity contribution in [1.29, 1.82) is 0 Å². The average molecular weight is 447 g/mol. The summed E-state index contributed by atoms with van der Waals surface area (Å²) >= 11 is 0. The van der Waals surface area contributed by atoms with E-state index in [2.05, 4.69) is 15.1 Å². The normalized spacial score (nSPS) is 14.6. The van der Waals surface area contributed by atoms with E-state index in [1.54, 1.807) is 0 Å². The summed E-state index contributed by atoms with van der Waals surface area (Å²) in [7, 11) is -6.00. The Hall–Kier alpha value is -3.47. The van der Waals surface area contributed by atoms with Gasteiger partial charge in [-0.1, -0.05) is 60.7 Å². The second kappa shape index (κ2) is 11.2.